The maximum atomic E-state index is 11.0. The van der Waals surface area contributed by atoms with Gasteiger partial charge in [0.1, 0.15) is 11.4 Å². The van der Waals surface area contributed by atoms with Gasteiger partial charge in [-0.1, -0.05) is 18.2 Å². The van der Waals surface area contributed by atoms with E-state index in [9.17, 15) is 15.2 Å². The Kier molecular flexibility index (Phi) is 4.12. The zero-order valence-corrected chi connectivity index (χ0v) is 12.3. The van der Waals surface area contributed by atoms with Gasteiger partial charge in [0.2, 0.25) is 0 Å². The van der Waals surface area contributed by atoms with E-state index in [2.05, 4.69) is 5.32 Å². The first-order chi connectivity index (χ1) is 9.88. The number of hydrogen-bond donors (Lipinski definition) is 2. The predicted octanol–water partition coefficient (Wildman–Crippen LogP) is 3.84. The van der Waals surface area contributed by atoms with E-state index in [1.54, 1.807) is 12.1 Å². The van der Waals surface area contributed by atoms with E-state index in [-0.39, 0.29) is 5.69 Å². The summed E-state index contributed by atoms with van der Waals surface area (Å²) >= 11 is 0. The molecule has 2 rings (SSSR count). The van der Waals surface area contributed by atoms with Crippen molar-refractivity contribution >= 4 is 11.4 Å². The molecular formula is C16H18N2O3. The first-order valence-corrected chi connectivity index (χ1v) is 6.66. The van der Waals surface area contributed by atoms with E-state index in [4.69, 9.17) is 0 Å². The minimum Gasteiger partial charge on any atom is -0.507 e. The molecule has 0 radical (unpaired) electrons. The highest BCUT2D eigenvalue weighted by Crippen LogP contribution is 2.27. The van der Waals surface area contributed by atoms with Crippen molar-refractivity contribution in [1.82, 2.24) is 0 Å². The number of phenolic OH excluding ortho intramolecular Hbond substituents is 1. The van der Waals surface area contributed by atoms with Gasteiger partial charge in [0.25, 0.3) is 5.69 Å². The van der Waals surface area contributed by atoms with Gasteiger partial charge in [-0.05, 0) is 49.1 Å². The fourth-order valence-corrected chi connectivity index (χ4v) is 2.30. The number of hydrogen-bond acceptors (Lipinski definition) is 4. The fraction of sp³-hybridized carbons (Fsp3) is 0.250. The quantitative estimate of drug-likeness (QED) is 0.661. The summed E-state index contributed by atoms with van der Waals surface area (Å²) in [7, 11) is 0. The van der Waals surface area contributed by atoms with Gasteiger partial charge in [0.15, 0.2) is 0 Å². The van der Waals surface area contributed by atoms with Gasteiger partial charge in [0, 0.05) is 12.6 Å². The Morgan fingerprint density at radius 3 is 2.33 bits per heavy atom. The number of phenols is 1. The Hall–Kier alpha value is -2.56. The van der Waals surface area contributed by atoms with Crippen LogP contribution in [0.3, 0.4) is 0 Å². The van der Waals surface area contributed by atoms with E-state index in [1.807, 2.05) is 32.9 Å². The highest BCUT2D eigenvalue weighted by Gasteiger charge is 2.13. The second kappa shape index (κ2) is 5.83. The Labute approximate surface area is 123 Å². The van der Waals surface area contributed by atoms with Crippen molar-refractivity contribution in [2.75, 3.05) is 5.32 Å². The van der Waals surface area contributed by atoms with Crippen LogP contribution in [-0.2, 0) is 6.54 Å². The van der Waals surface area contributed by atoms with Crippen LogP contribution in [0.5, 0.6) is 5.75 Å². The van der Waals surface area contributed by atoms with E-state index in [0.717, 1.165) is 22.3 Å². The van der Waals surface area contributed by atoms with Gasteiger partial charge in [-0.3, -0.25) is 10.1 Å². The molecule has 0 spiro atoms. The highest BCUT2D eigenvalue weighted by atomic mass is 16.6. The maximum absolute atomic E-state index is 11.0. The van der Waals surface area contributed by atoms with Crippen molar-refractivity contribution in [3.63, 3.8) is 0 Å². The first kappa shape index (κ1) is 14.8. The van der Waals surface area contributed by atoms with E-state index in [1.165, 1.54) is 6.07 Å². The maximum Gasteiger partial charge on any atom is 0.292 e. The monoisotopic (exact) mass is 286 g/mol. The molecule has 5 heteroatoms. The number of rotatable bonds is 4. The minimum atomic E-state index is -0.394. The standard InChI is InChI=1S/C16H18N2O3/c1-10-4-5-15(18(20)21)14(6-10)17-9-13-7-11(2)16(19)12(3)8-13/h4-8,17,19H,9H2,1-3H3. The van der Waals surface area contributed by atoms with Crippen LogP contribution in [0.15, 0.2) is 30.3 Å². The summed E-state index contributed by atoms with van der Waals surface area (Å²) in [6.07, 6.45) is 0. The van der Waals surface area contributed by atoms with Crippen LogP contribution in [0.4, 0.5) is 11.4 Å². The van der Waals surface area contributed by atoms with Gasteiger partial charge < -0.3 is 10.4 Å². The fourth-order valence-electron chi connectivity index (χ4n) is 2.30. The van der Waals surface area contributed by atoms with Crippen molar-refractivity contribution in [3.8, 4) is 5.75 Å². The number of nitrogens with zero attached hydrogens (tertiary/aromatic N) is 1. The number of anilines is 1. The molecule has 0 aliphatic heterocycles. The second-order valence-electron chi connectivity index (χ2n) is 5.21. The molecule has 0 saturated carbocycles. The lowest BCUT2D eigenvalue weighted by atomic mass is 10.1. The van der Waals surface area contributed by atoms with Gasteiger partial charge in [-0.15, -0.1) is 0 Å². The molecule has 0 amide bonds. The van der Waals surface area contributed by atoms with Gasteiger partial charge >= 0.3 is 0 Å². The van der Waals surface area contributed by atoms with Crippen molar-refractivity contribution in [2.45, 2.75) is 27.3 Å². The molecule has 0 aliphatic rings. The number of nitro groups is 1. The molecule has 0 aromatic heterocycles. The number of nitro benzene ring substituents is 1. The molecule has 2 N–H and O–H groups in total. The van der Waals surface area contributed by atoms with Crippen LogP contribution < -0.4 is 5.32 Å². The SMILES string of the molecule is Cc1ccc([N+](=O)[O-])c(NCc2cc(C)c(O)c(C)c2)c1. The normalized spacial score (nSPS) is 10.4. The number of aromatic hydroxyl groups is 1. The largest absolute Gasteiger partial charge is 0.507 e. The van der Waals surface area contributed by atoms with Gasteiger partial charge in [-0.2, -0.15) is 0 Å². The number of nitrogens with one attached hydrogen (secondary N) is 1. The molecule has 0 unspecified atom stereocenters. The lowest BCUT2D eigenvalue weighted by Gasteiger charge is -2.11. The van der Waals surface area contributed by atoms with Crippen molar-refractivity contribution in [2.24, 2.45) is 0 Å². The summed E-state index contributed by atoms with van der Waals surface area (Å²) in [5.41, 5.74) is 4.09. The van der Waals surface area contributed by atoms with E-state index in [0.29, 0.717) is 18.0 Å². The molecule has 0 atom stereocenters. The summed E-state index contributed by atoms with van der Waals surface area (Å²) in [5.74, 6) is 0.292. The van der Waals surface area contributed by atoms with Crippen molar-refractivity contribution < 1.29 is 10.0 Å². The molecule has 2 aromatic carbocycles. The molecule has 5 nitrogen and oxygen atoms in total. The summed E-state index contributed by atoms with van der Waals surface area (Å²) in [4.78, 5) is 10.6. The molecule has 0 fully saturated rings. The topological polar surface area (TPSA) is 75.4 Å². The third kappa shape index (κ3) is 3.31. The molecule has 110 valence electrons. The van der Waals surface area contributed by atoms with Gasteiger partial charge in [-0.25, -0.2) is 0 Å². The van der Waals surface area contributed by atoms with Gasteiger partial charge in [0.05, 0.1) is 4.92 Å². The summed E-state index contributed by atoms with van der Waals surface area (Å²) < 4.78 is 0. The minimum absolute atomic E-state index is 0.0628. The average Bonchev–Trinajstić information content (AvgIpc) is 2.42. The molecule has 2 aromatic rings. The van der Waals surface area contributed by atoms with E-state index < -0.39 is 4.92 Å². The van der Waals surface area contributed by atoms with Crippen LogP contribution in [0.25, 0.3) is 0 Å². The first-order valence-electron chi connectivity index (χ1n) is 6.66. The van der Waals surface area contributed by atoms with Crippen molar-refractivity contribution in [1.29, 1.82) is 0 Å². The Balaban J connectivity index is 2.24. The predicted molar refractivity (Wildman–Crippen MR) is 82.7 cm³/mol. The molecule has 0 aliphatic carbocycles. The second-order valence-corrected chi connectivity index (χ2v) is 5.21. The lowest BCUT2D eigenvalue weighted by molar-refractivity contribution is -0.384. The highest BCUT2D eigenvalue weighted by molar-refractivity contribution is 5.63. The average molecular weight is 286 g/mol. The van der Waals surface area contributed by atoms with Crippen LogP contribution in [0.2, 0.25) is 0 Å². The molecule has 21 heavy (non-hydrogen) atoms. The third-order valence-corrected chi connectivity index (χ3v) is 3.38. The van der Waals surface area contributed by atoms with Crippen LogP contribution in [-0.4, -0.2) is 10.0 Å². The summed E-state index contributed by atoms with van der Waals surface area (Å²) in [6, 6.07) is 8.73. The van der Waals surface area contributed by atoms with Crippen LogP contribution in [0.1, 0.15) is 22.3 Å². The molecule has 0 heterocycles. The molecule has 0 saturated heterocycles. The van der Waals surface area contributed by atoms with Crippen LogP contribution >= 0.6 is 0 Å². The smallest absolute Gasteiger partial charge is 0.292 e. The van der Waals surface area contributed by atoms with Crippen LogP contribution in [0, 0.1) is 30.9 Å². The summed E-state index contributed by atoms with van der Waals surface area (Å²) in [5, 5.41) is 23.9. The number of aryl methyl sites for hydroxylation is 3. The lowest BCUT2D eigenvalue weighted by Crippen LogP contribution is -2.03. The Morgan fingerprint density at radius 2 is 1.76 bits per heavy atom. The Bertz CT molecular complexity index is 673. The third-order valence-electron chi connectivity index (χ3n) is 3.38. The van der Waals surface area contributed by atoms with Crippen molar-refractivity contribution in [3.05, 3.63) is 62.7 Å². The zero-order valence-electron chi connectivity index (χ0n) is 12.3. The number of benzene rings is 2. The summed E-state index contributed by atoms with van der Waals surface area (Å²) in [6.45, 7) is 6.03. The van der Waals surface area contributed by atoms with E-state index >= 15 is 0 Å². The zero-order chi connectivity index (χ0) is 15.6. The molecular weight excluding hydrogens is 268 g/mol. The Morgan fingerprint density at radius 1 is 1.14 bits per heavy atom. The molecule has 0 bridgehead atoms.